The quantitative estimate of drug-likeness (QED) is 0.495. The largest absolute Gasteiger partial charge is 0.384 e. The molecular weight excluding hydrogens is 210 g/mol. The van der Waals surface area contributed by atoms with E-state index in [1.807, 2.05) is 13.0 Å². The van der Waals surface area contributed by atoms with Crippen molar-refractivity contribution in [3.05, 3.63) is 23.8 Å². The number of hydrogen-bond acceptors (Lipinski definition) is 3. The van der Waals surface area contributed by atoms with E-state index in [4.69, 9.17) is 11.1 Å². The van der Waals surface area contributed by atoms with Crippen LogP contribution < -0.4 is 11.1 Å². The van der Waals surface area contributed by atoms with E-state index in [-0.39, 0.29) is 17.0 Å². The number of benzene rings is 1. The van der Waals surface area contributed by atoms with E-state index in [1.165, 1.54) is 11.8 Å². The molecule has 1 aliphatic heterocycles. The van der Waals surface area contributed by atoms with Crippen molar-refractivity contribution in [3.63, 3.8) is 0 Å². The predicted molar refractivity (Wildman–Crippen MR) is 61.4 cm³/mol. The molecule has 1 atom stereocenters. The molecule has 0 saturated carbocycles. The fraction of sp³-hybridized carbons (Fsp3) is 0.200. The number of rotatable bonds is 1. The van der Waals surface area contributed by atoms with Crippen molar-refractivity contribution >= 4 is 29.2 Å². The number of nitrogens with one attached hydrogen (secondary N) is 2. The van der Waals surface area contributed by atoms with Crippen LogP contribution in [0.15, 0.2) is 23.1 Å². The highest BCUT2D eigenvalue weighted by Crippen LogP contribution is 2.35. The molecule has 4 N–H and O–H groups in total. The van der Waals surface area contributed by atoms with E-state index in [0.717, 1.165) is 10.6 Å². The standard InChI is InChI=1S/C10H11N3OS/c1-5-10(14)13-7-4-6(9(11)12)2-3-8(7)15-5/h2-5H,1H3,(H3,11,12)(H,13,14). The van der Waals surface area contributed by atoms with Gasteiger partial charge in [-0.25, -0.2) is 0 Å². The number of hydrogen-bond donors (Lipinski definition) is 3. The molecule has 1 amide bonds. The number of thioether (sulfide) groups is 1. The van der Waals surface area contributed by atoms with Crippen molar-refractivity contribution in [2.75, 3.05) is 5.32 Å². The van der Waals surface area contributed by atoms with Crippen molar-refractivity contribution in [3.8, 4) is 0 Å². The number of fused-ring (bicyclic) bond motifs is 1. The molecule has 1 heterocycles. The normalized spacial score (nSPS) is 19.3. The maximum Gasteiger partial charge on any atom is 0.237 e. The summed E-state index contributed by atoms with van der Waals surface area (Å²) in [6, 6.07) is 5.40. The molecule has 1 unspecified atom stereocenters. The summed E-state index contributed by atoms with van der Waals surface area (Å²) in [7, 11) is 0. The van der Waals surface area contributed by atoms with Gasteiger partial charge in [0.05, 0.1) is 10.9 Å². The summed E-state index contributed by atoms with van der Waals surface area (Å²) in [4.78, 5) is 12.4. The molecule has 5 heteroatoms. The third-order valence-corrected chi connectivity index (χ3v) is 3.40. The highest BCUT2D eigenvalue weighted by molar-refractivity contribution is 8.00. The summed E-state index contributed by atoms with van der Waals surface area (Å²) in [5.74, 6) is 0.00359. The van der Waals surface area contributed by atoms with Gasteiger partial charge in [-0.2, -0.15) is 0 Å². The average Bonchev–Trinajstić information content (AvgIpc) is 2.19. The number of amidine groups is 1. The maximum atomic E-state index is 11.4. The Labute approximate surface area is 91.7 Å². The number of carbonyl (C=O) groups is 1. The minimum atomic E-state index is -0.0688. The van der Waals surface area contributed by atoms with E-state index in [9.17, 15) is 4.79 Å². The third kappa shape index (κ3) is 1.83. The van der Waals surface area contributed by atoms with Gasteiger partial charge in [0.15, 0.2) is 0 Å². The van der Waals surface area contributed by atoms with Gasteiger partial charge in [-0.3, -0.25) is 10.2 Å². The number of nitrogens with two attached hydrogens (primary N) is 1. The second kappa shape index (κ2) is 3.58. The summed E-state index contributed by atoms with van der Waals surface area (Å²) in [6.45, 7) is 1.86. The zero-order valence-electron chi connectivity index (χ0n) is 8.20. The molecule has 0 aliphatic carbocycles. The molecule has 1 aliphatic rings. The molecule has 0 radical (unpaired) electrons. The highest BCUT2D eigenvalue weighted by atomic mass is 32.2. The minimum Gasteiger partial charge on any atom is -0.384 e. The van der Waals surface area contributed by atoms with Crippen LogP contribution >= 0.6 is 11.8 Å². The van der Waals surface area contributed by atoms with Crippen LogP contribution in [0.3, 0.4) is 0 Å². The van der Waals surface area contributed by atoms with Crippen LogP contribution in [-0.4, -0.2) is 17.0 Å². The molecule has 0 saturated heterocycles. The van der Waals surface area contributed by atoms with Gasteiger partial charge in [0.1, 0.15) is 5.84 Å². The van der Waals surface area contributed by atoms with Gasteiger partial charge >= 0.3 is 0 Å². The Balaban J connectivity index is 2.41. The zero-order chi connectivity index (χ0) is 11.0. The van der Waals surface area contributed by atoms with Gasteiger partial charge in [0, 0.05) is 10.5 Å². The van der Waals surface area contributed by atoms with E-state index < -0.39 is 0 Å². The molecule has 1 aromatic rings. The Morgan fingerprint density at radius 3 is 3.00 bits per heavy atom. The molecule has 15 heavy (non-hydrogen) atoms. The zero-order valence-corrected chi connectivity index (χ0v) is 9.02. The second-order valence-electron chi connectivity index (χ2n) is 3.37. The molecule has 0 bridgehead atoms. The van der Waals surface area contributed by atoms with Crippen LogP contribution in [0.4, 0.5) is 5.69 Å². The minimum absolute atomic E-state index is 0.00629. The van der Waals surface area contributed by atoms with Crippen molar-refractivity contribution < 1.29 is 4.79 Å². The fourth-order valence-corrected chi connectivity index (χ4v) is 2.31. The summed E-state index contributed by atoms with van der Waals surface area (Å²) >= 11 is 1.52. The lowest BCUT2D eigenvalue weighted by molar-refractivity contribution is -0.115. The first-order chi connectivity index (χ1) is 7.08. The predicted octanol–water partition coefficient (Wildman–Crippen LogP) is 1.40. The van der Waals surface area contributed by atoms with Crippen LogP contribution in [0, 0.1) is 5.41 Å². The maximum absolute atomic E-state index is 11.4. The average molecular weight is 221 g/mol. The van der Waals surface area contributed by atoms with Gasteiger partial charge < -0.3 is 11.1 Å². The number of anilines is 1. The Kier molecular flexibility index (Phi) is 2.40. The Morgan fingerprint density at radius 2 is 2.33 bits per heavy atom. The monoisotopic (exact) mass is 221 g/mol. The Morgan fingerprint density at radius 1 is 1.60 bits per heavy atom. The summed E-state index contributed by atoms with van der Waals surface area (Å²) in [5, 5.41) is 10.0. The Hall–Kier alpha value is -1.49. The molecule has 0 spiro atoms. The van der Waals surface area contributed by atoms with Crippen LogP contribution in [-0.2, 0) is 4.79 Å². The van der Waals surface area contributed by atoms with Crippen molar-refractivity contribution in [2.24, 2.45) is 5.73 Å². The molecule has 0 aromatic heterocycles. The highest BCUT2D eigenvalue weighted by Gasteiger charge is 2.22. The van der Waals surface area contributed by atoms with Gasteiger partial charge in [-0.05, 0) is 19.1 Å². The lowest BCUT2D eigenvalue weighted by Crippen LogP contribution is -2.26. The van der Waals surface area contributed by atoms with Crippen molar-refractivity contribution in [1.29, 1.82) is 5.41 Å². The van der Waals surface area contributed by atoms with Crippen molar-refractivity contribution in [1.82, 2.24) is 0 Å². The van der Waals surface area contributed by atoms with Crippen LogP contribution in [0.1, 0.15) is 12.5 Å². The summed E-state index contributed by atoms with van der Waals surface area (Å²) in [6.07, 6.45) is 0. The van der Waals surface area contributed by atoms with Gasteiger partial charge in [-0.15, -0.1) is 11.8 Å². The molecule has 0 fully saturated rings. The van der Waals surface area contributed by atoms with Crippen LogP contribution in [0.5, 0.6) is 0 Å². The molecule has 1 aromatic carbocycles. The van der Waals surface area contributed by atoms with Crippen LogP contribution in [0.25, 0.3) is 0 Å². The Bertz CT molecular complexity index is 444. The van der Waals surface area contributed by atoms with Crippen molar-refractivity contribution in [2.45, 2.75) is 17.1 Å². The summed E-state index contributed by atoms with van der Waals surface area (Å²) < 4.78 is 0. The van der Waals surface area contributed by atoms with Gasteiger partial charge in [0.2, 0.25) is 5.91 Å². The van der Waals surface area contributed by atoms with E-state index in [1.54, 1.807) is 12.1 Å². The van der Waals surface area contributed by atoms with E-state index in [2.05, 4.69) is 5.32 Å². The third-order valence-electron chi connectivity index (χ3n) is 2.22. The first kappa shape index (κ1) is 10.0. The molecule has 2 rings (SSSR count). The fourth-order valence-electron chi connectivity index (χ4n) is 1.38. The molecule has 4 nitrogen and oxygen atoms in total. The number of carbonyl (C=O) groups excluding carboxylic acids is 1. The first-order valence-electron chi connectivity index (χ1n) is 4.54. The summed E-state index contributed by atoms with van der Waals surface area (Å²) in [5.41, 5.74) is 6.75. The smallest absolute Gasteiger partial charge is 0.237 e. The number of amides is 1. The lowest BCUT2D eigenvalue weighted by atomic mass is 10.2. The van der Waals surface area contributed by atoms with Gasteiger partial charge in [-0.1, -0.05) is 6.07 Å². The lowest BCUT2D eigenvalue weighted by Gasteiger charge is -2.21. The van der Waals surface area contributed by atoms with E-state index in [0.29, 0.717) is 5.56 Å². The van der Waals surface area contributed by atoms with Crippen LogP contribution in [0.2, 0.25) is 0 Å². The SMILES string of the molecule is CC1Sc2ccc(C(=N)N)cc2NC1=O. The topological polar surface area (TPSA) is 79.0 Å². The number of nitrogen functional groups attached to an aromatic ring is 1. The first-order valence-corrected chi connectivity index (χ1v) is 5.42. The molecular formula is C10H11N3OS. The van der Waals surface area contributed by atoms with Gasteiger partial charge in [0.25, 0.3) is 0 Å². The second-order valence-corrected chi connectivity index (χ2v) is 4.76. The molecule has 78 valence electrons. The van der Waals surface area contributed by atoms with E-state index >= 15 is 0 Å².